The summed E-state index contributed by atoms with van der Waals surface area (Å²) in [4.78, 5) is 29.6. The third-order valence-electron chi connectivity index (χ3n) is 4.85. The van der Waals surface area contributed by atoms with Crippen molar-refractivity contribution in [3.8, 4) is 0 Å². The van der Waals surface area contributed by atoms with E-state index in [1.54, 1.807) is 18.2 Å². The van der Waals surface area contributed by atoms with Gasteiger partial charge in [-0.25, -0.2) is 4.98 Å². The molecule has 0 saturated heterocycles. The van der Waals surface area contributed by atoms with Crippen molar-refractivity contribution < 1.29 is 9.59 Å². The Balaban J connectivity index is 1.28. The van der Waals surface area contributed by atoms with Crippen LogP contribution in [-0.2, 0) is 6.54 Å². The number of aromatic amines is 2. The van der Waals surface area contributed by atoms with Crippen LogP contribution >= 0.6 is 0 Å². The summed E-state index contributed by atoms with van der Waals surface area (Å²) in [6, 6.07) is 20.0. The summed E-state index contributed by atoms with van der Waals surface area (Å²) >= 11 is 0. The molecule has 0 aliphatic rings. The van der Waals surface area contributed by atoms with Gasteiger partial charge in [-0.1, -0.05) is 42.5 Å². The van der Waals surface area contributed by atoms with Crippen LogP contribution in [0.25, 0.3) is 21.8 Å². The van der Waals surface area contributed by atoms with Crippen molar-refractivity contribution in [2.24, 2.45) is 0 Å². The molecule has 0 aliphatic heterocycles. The highest BCUT2D eigenvalue weighted by Crippen LogP contribution is 2.17. The van der Waals surface area contributed by atoms with E-state index in [2.05, 4.69) is 36.0 Å². The Kier molecular flexibility index (Phi) is 4.60. The molecule has 0 atom stereocenters. The first kappa shape index (κ1) is 18.5. The zero-order valence-electron chi connectivity index (χ0n) is 16.2. The van der Waals surface area contributed by atoms with Gasteiger partial charge in [0, 0.05) is 10.8 Å². The summed E-state index contributed by atoms with van der Waals surface area (Å²) in [5.74, 6) is -0.306. The lowest BCUT2D eigenvalue weighted by Crippen LogP contribution is -2.24. The molecule has 9 nitrogen and oxygen atoms in total. The third-order valence-corrected chi connectivity index (χ3v) is 4.85. The molecule has 3 heterocycles. The Morgan fingerprint density at radius 1 is 0.742 bits per heavy atom. The molecule has 0 bridgehead atoms. The van der Waals surface area contributed by atoms with Crippen LogP contribution in [0.15, 0.2) is 66.7 Å². The lowest BCUT2D eigenvalue weighted by atomic mass is 10.2. The van der Waals surface area contributed by atoms with Crippen LogP contribution in [0.4, 0.5) is 5.82 Å². The quantitative estimate of drug-likeness (QED) is 0.353. The monoisotopic (exact) mass is 411 g/mol. The van der Waals surface area contributed by atoms with Gasteiger partial charge in [-0.3, -0.25) is 19.8 Å². The number of aromatic nitrogens is 5. The van der Waals surface area contributed by atoms with Gasteiger partial charge in [0.15, 0.2) is 11.4 Å². The predicted molar refractivity (Wildman–Crippen MR) is 116 cm³/mol. The molecule has 4 N–H and O–H groups in total. The van der Waals surface area contributed by atoms with Crippen molar-refractivity contribution in [3.63, 3.8) is 0 Å². The number of benzene rings is 2. The minimum atomic E-state index is -0.367. The molecular weight excluding hydrogens is 394 g/mol. The maximum atomic E-state index is 12.6. The summed E-state index contributed by atoms with van der Waals surface area (Å²) in [6.07, 6.45) is 0. The SMILES string of the molecule is O=C(NCc1cccc(NC(=O)c2n[nH]c3ccccc23)n1)c1n[nH]c2ccccc12. The van der Waals surface area contributed by atoms with Gasteiger partial charge in [0.2, 0.25) is 0 Å². The number of amides is 2. The molecule has 0 fully saturated rings. The first-order valence-electron chi connectivity index (χ1n) is 9.61. The summed E-state index contributed by atoms with van der Waals surface area (Å²) in [5.41, 5.74) is 2.79. The van der Waals surface area contributed by atoms with Gasteiger partial charge in [0.25, 0.3) is 11.8 Å². The fourth-order valence-electron chi connectivity index (χ4n) is 3.35. The molecule has 0 spiro atoms. The molecule has 31 heavy (non-hydrogen) atoms. The van der Waals surface area contributed by atoms with E-state index in [9.17, 15) is 9.59 Å². The topological polar surface area (TPSA) is 128 Å². The van der Waals surface area contributed by atoms with E-state index in [1.165, 1.54) is 0 Å². The van der Waals surface area contributed by atoms with Crippen molar-refractivity contribution in [3.05, 3.63) is 83.8 Å². The first-order valence-corrected chi connectivity index (χ1v) is 9.61. The Labute approximate surface area is 175 Å². The highest BCUT2D eigenvalue weighted by molar-refractivity contribution is 6.10. The maximum Gasteiger partial charge on any atom is 0.277 e. The number of hydrogen-bond donors (Lipinski definition) is 4. The average molecular weight is 411 g/mol. The molecule has 2 aromatic carbocycles. The van der Waals surface area contributed by atoms with Crippen molar-refractivity contribution in [1.82, 2.24) is 30.7 Å². The molecule has 0 aliphatic carbocycles. The second-order valence-corrected chi connectivity index (χ2v) is 6.89. The summed E-state index contributed by atoms with van der Waals surface area (Å²) < 4.78 is 0. The number of H-pyrrole nitrogens is 2. The fraction of sp³-hybridized carbons (Fsp3) is 0.0455. The molecule has 0 saturated carbocycles. The van der Waals surface area contributed by atoms with Crippen molar-refractivity contribution in [2.45, 2.75) is 6.54 Å². The van der Waals surface area contributed by atoms with Gasteiger partial charge in [-0.2, -0.15) is 10.2 Å². The van der Waals surface area contributed by atoms with Crippen LogP contribution in [0, 0.1) is 0 Å². The van der Waals surface area contributed by atoms with E-state index in [4.69, 9.17) is 0 Å². The minimum Gasteiger partial charge on any atom is -0.345 e. The van der Waals surface area contributed by atoms with Crippen LogP contribution in [-0.4, -0.2) is 37.2 Å². The van der Waals surface area contributed by atoms with Crippen LogP contribution in [0.2, 0.25) is 0 Å². The number of anilines is 1. The lowest BCUT2D eigenvalue weighted by Gasteiger charge is -2.07. The van der Waals surface area contributed by atoms with E-state index in [0.29, 0.717) is 22.9 Å². The molecular formula is C22H17N7O2. The van der Waals surface area contributed by atoms with Gasteiger partial charge in [0.05, 0.1) is 23.3 Å². The number of pyridine rings is 1. The maximum absolute atomic E-state index is 12.6. The molecule has 152 valence electrons. The van der Waals surface area contributed by atoms with Gasteiger partial charge in [0.1, 0.15) is 5.82 Å². The Hall–Kier alpha value is -4.53. The fourth-order valence-corrected chi connectivity index (χ4v) is 3.35. The number of hydrogen-bond acceptors (Lipinski definition) is 5. The largest absolute Gasteiger partial charge is 0.345 e. The number of para-hydroxylation sites is 2. The van der Waals surface area contributed by atoms with Crippen LogP contribution in [0.5, 0.6) is 0 Å². The molecule has 0 radical (unpaired) electrons. The second-order valence-electron chi connectivity index (χ2n) is 6.89. The highest BCUT2D eigenvalue weighted by Gasteiger charge is 2.16. The van der Waals surface area contributed by atoms with Gasteiger partial charge < -0.3 is 10.6 Å². The smallest absolute Gasteiger partial charge is 0.277 e. The second kappa shape index (κ2) is 7.71. The van der Waals surface area contributed by atoms with E-state index in [0.717, 1.165) is 21.8 Å². The number of rotatable bonds is 5. The van der Waals surface area contributed by atoms with Crippen LogP contribution in [0.3, 0.4) is 0 Å². The Morgan fingerprint density at radius 2 is 1.35 bits per heavy atom. The van der Waals surface area contributed by atoms with E-state index in [-0.39, 0.29) is 18.4 Å². The standard InChI is InChI=1S/C22H17N7O2/c30-21(19-14-7-1-3-9-16(14)26-28-19)23-12-13-6-5-11-18(24-13)25-22(31)20-15-8-2-4-10-17(15)27-29-20/h1-11H,12H2,(H,23,30)(H,26,28)(H,27,29)(H,24,25,31). The molecule has 0 unspecified atom stereocenters. The summed E-state index contributed by atoms with van der Waals surface area (Å²) in [6.45, 7) is 0.190. The van der Waals surface area contributed by atoms with Gasteiger partial charge >= 0.3 is 0 Å². The van der Waals surface area contributed by atoms with Crippen molar-refractivity contribution in [2.75, 3.05) is 5.32 Å². The Bertz CT molecular complexity index is 1420. The number of carbonyl (C=O) groups is 2. The summed E-state index contributed by atoms with van der Waals surface area (Å²) in [7, 11) is 0. The molecule has 5 rings (SSSR count). The van der Waals surface area contributed by atoms with Gasteiger partial charge in [-0.05, 0) is 24.3 Å². The van der Waals surface area contributed by atoms with Crippen molar-refractivity contribution in [1.29, 1.82) is 0 Å². The van der Waals surface area contributed by atoms with Crippen LogP contribution in [0.1, 0.15) is 26.7 Å². The van der Waals surface area contributed by atoms with Crippen LogP contribution < -0.4 is 10.6 Å². The molecule has 5 aromatic rings. The molecule has 9 heteroatoms. The average Bonchev–Trinajstić information content (AvgIpc) is 3.42. The molecule has 2 amide bonds. The number of fused-ring (bicyclic) bond motifs is 2. The zero-order chi connectivity index (χ0) is 21.2. The third kappa shape index (κ3) is 3.60. The number of nitrogens with one attached hydrogen (secondary N) is 4. The summed E-state index contributed by atoms with van der Waals surface area (Å²) in [5, 5.41) is 20.9. The van der Waals surface area contributed by atoms with E-state index in [1.807, 2.05) is 48.5 Å². The first-order chi connectivity index (χ1) is 15.2. The lowest BCUT2D eigenvalue weighted by molar-refractivity contribution is 0.0946. The molecule has 3 aromatic heterocycles. The number of nitrogens with zero attached hydrogens (tertiary/aromatic N) is 3. The predicted octanol–water partition coefficient (Wildman–Crippen LogP) is 3.02. The minimum absolute atomic E-state index is 0.190. The normalized spacial score (nSPS) is 11.0. The number of carbonyl (C=O) groups excluding carboxylic acids is 2. The van der Waals surface area contributed by atoms with E-state index < -0.39 is 0 Å². The Morgan fingerprint density at radius 3 is 2.03 bits per heavy atom. The highest BCUT2D eigenvalue weighted by atomic mass is 16.2. The van der Waals surface area contributed by atoms with Gasteiger partial charge in [-0.15, -0.1) is 0 Å². The van der Waals surface area contributed by atoms with Crippen molar-refractivity contribution >= 4 is 39.4 Å². The van der Waals surface area contributed by atoms with E-state index >= 15 is 0 Å². The zero-order valence-corrected chi connectivity index (χ0v) is 16.2.